The highest BCUT2D eigenvalue weighted by Gasteiger charge is 2.27. The first-order valence-electron chi connectivity index (χ1n) is 6.16. The number of fused-ring (bicyclic) bond motifs is 1. The maximum Gasteiger partial charge on any atom is 0.149 e. The number of hydrogen-bond acceptors (Lipinski definition) is 4. The van der Waals surface area contributed by atoms with Gasteiger partial charge >= 0.3 is 0 Å². The number of nitrogen functional groups attached to an aromatic ring is 1. The molecule has 0 spiro atoms. The molecule has 4 nitrogen and oxygen atoms in total. The Morgan fingerprint density at radius 2 is 2.00 bits per heavy atom. The van der Waals surface area contributed by atoms with Gasteiger partial charge in [-0.2, -0.15) is 0 Å². The van der Waals surface area contributed by atoms with Crippen molar-refractivity contribution in [3.8, 4) is 11.5 Å². The third-order valence-electron chi connectivity index (χ3n) is 3.42. The van der Waals surface area contributed by atoms with E-state index < -0.39 is 0 Å². The number of benzene rings is 1. The maximum absolute atomic E-state index is 6.19. The van der Waals surface area contributed by atoms with Crippen molar-refractivity contribution in [3.05, 3.63) is 22.8 Å². The lowest BCUT2D eigenvalue weighted by Crippen LogP contribution is -1.99. The number of aromatic nitrogens is 1. The second-order valence-electron chi connectivity index (χ2n) is 4.73. The lowest BCUT2D eigenvalue weighted by atomic mass is 10.1. The fourth-order valence-electron chi connectivity index (χ4n) is 2.31. The Balaban J connectivity index is 2.36. The Bertz CT molecular complexity index is 654. The van der Waals surface area contributed by atoms with E-state index in [1.165, 1.54) is 12.8 Å². The summed E-state index contributed by atoms with van der Waals surface area (Å²) in [4.78, 5) is 4.67. The van der Waals surface area contributed by atoms with Crippen LogP contribution in [-0.2, 0) is 0 Å². The first kappa shape index (κ1) is 12.4. The number of nitrogens with zero attached hydrogens (tertiary/aromatic N) is 1. The predicted octanol–water partition coefficient (Wildman–Crippen LogP) is 3.37. The molecule has 0 aliphatic heterocycles. The minimum absolute atomic E-state index is 0.472. The van der Waals surface area contributed by atoms with Crippen molar-refractivity contribution in [2.45, 2.75) is 18.8 Å². The van der Waals surface area contributed by atoms with Crippen molar-refractivity contribution in [2.24, 2.45) is 0 Å². The molecule has 1 aliphatic rings. The molecular weight excluding hydrogens is 264 g/mol. The van der Waals surface area contributed by atoms with Crippen LogP contribution in [0.1, 0.15) is 24.5 Å². The van der Waals surface area contributed by atoms with E-state index >= 15 is 0 Å². The van der Waals surface area contributed by atoms with E-state index in [-0.39, 0.29) is 0 Å². The summed E-state index contributed by atoms with van der Waals surface area (Å²) in [6.45, 7) is 0. The summed E-state index contributed by atoms with van der Waals surface area (Å²) in [5, 5.41) is 1.19. The highest BCUT2D eigenvalue weighted by molar-refractivity contribution is 6.34. The van der Waals surface area contributed by atoms with Gasteiger partial charge < -0.3 is 15.2 Å². The highest BCUT2D eigenvalue weighted by Crippen LogP contribution is 2.45. The standard InChI is InChI=1S/C14H15ClN2O2/c1-18-11-5-8(15)14(19-2)12-9(16)6-10(7-3-4-7)17-13(11)12/h5-7H,3-4H2,1-2H3,(H2,16,17). The van der Waals surface area contributed by atoms with E-state index in [0.717, 1.165) is 11.1 Å². The van der Waals surface area contributed by atoms with E-state index in [1.807, 2.05) is 6.07 Å². The Labute approximate surface area is 116 Å². The van der Waals surface area contributed by atoms with Crippen LogP contribution < -0.4 is 15.2 Å². The molecule has 3 rings (SSSR count). The monoisotopic (exact) mass is 278 g/mol. The smallest absolute Gasteiger partial charge is 0.149 e. The summed E-state index contributed by atoms with van der Waals surface area (Å²) in [6, 6.07) is 3.63. The molecule has 5 heteroatoms. The van der Waals surface area contributed by atoms with Crippen LogP contribution in [0.2, 0.25) is 5.02 Å². The van der Waals surface area contributed by atoms with Crippen molar-refractivity contribution < 1.29 is 9.47 Å². The van der Waals surface area contributed by atoms with Crippen LogP contribution in [-0.4, -0.2) is 19.2 Å². The summed E-state index contributed by atoms with van der Waals surface area (Å²) in [6.07, 6.45) is 2.34. The Morgan fingerprint density at radius 1 is 1.26 bits per heavy atom. The van der Waals surface area contributed by atoms with Crippen LogP contribution in [0.3, 0.4) is 0 Å². The minimum atomic E-state index is 0.472. The molecule has 1 fully saturated rings. The summed E-state index contributed by atoms with van der Waals surface area (Å²) in [7, 11) is 3.17. The van der Waals surface area contributed by atoms with Gasteiger partial charge in [-0.05, 0) is 18.9 Å². The fourth-order valence-corrected chi connectivity index (χ4v) is 2.58. The number of methoxy groups -OCH3 is 2. The number of nitrogens with two attached hydrogens (primary N) is 1. The molecule has 0 radical (unpaired) electrons. The quantitative estimate of drug-likeness (QED) is 0.935. The normalized spacial score (nSPS) is 14.7. The molecular formula is C14H15ClN2O2. The van der Waals surface area contributed by atoms with Crippen molar-refractivity contribution in [3.63, 3.8) is 0 Å². The molecule has 1 aromatic heterocycles. The van der Waals surface area contributed by atoms with E-state index in [4.69, 9.17) is 26.8 Å². The molecule has 0 unspecified atom stereocenters. The third-order valence-corrected chi connectivity index (χ3v) is 3.71. The average Bonchev–Trinajstić information content (AvgIpc) is 3.22. The van der Waals surface area contributed by atoms with Gasteiger partial charge in [0, 0.05) is 23.4 Å². The van der Waals surface area contributed by atoms with Gasteiger partial charge in [-0.25, -0.2) is 4.98 Å². The third kappa shape index (κ3) is 1.96. The van der Waals surface area contributed by atoms with Crippen LogP contribution in [0.15, 0.2) is 12.1 Å². The Morgan fingerprint density at radius 3 is 2.58 bits per heavy atom. The number of pyridine rings is 1. The van der Waals surface area contributed by atoms with Crippen molar-refractivity contribution >= 4 is 28.2 Å². The van der Waals surface area contributed by atoms with Gasteiger partial charge in [0.15, 0.2) is 0 Å². The van der Waals surface area contributed by atoms with Crippen molar-refractivity contribution in [1.82, 2.24) is 4.98 Å². The summed E-state index contributed by atoms with van der Waals surface area (Å²) in [5.74, 6) is 1.69. The molecule has 19 heavy (non-hydrogen) atoms. The zero-order chi connectivity index (χ0) is 13.6. The second kappa shape index (κ2) is 4.46. The van der Waals surface area contributed by atoms with Gasteiger partial charge in [0.25, 0.3) is 0 Å². The van der Waals surface area contributed by atoms with Crippen LogP contribution in [0, 0.1) is 0 Å². The molecule has 100 valence electrons. The number of anilines is 1. The highest BCUT2D eigenvalue weighted by atomic mass is 35.5. The van der Waals surface area contributed by atoms with Gasteiger partial charge in [0.05, 0.1) is 24.6 Å². The van der Waals surface area contributed by atoms with Crippen LogP contribution in [0.4, 0.5) is 5.69 Å². The molecule has 0 atom stereocenters. The zero-order valence-corrected chi connectivity index (χ0v) is 11.6. The first-order chi connectivity index (χ1) is 9.15. The van der Waals surface area contributed by atoms with Gasteiger partial charge in [-0.1, -0.05) is 11.6 Å². The lowest BCUT2D eigenvalue weighted by molar-refractivity contribution is 0.410. The summed E-state index contributed by atoms with van der Waals surface area (Å²) < 4.78 is 10.7. The van der Waals surface area contributed by atoms with E-state index in [2.05, 4.69) is 4.98 Å². The van der Waals surface area contributed by atoms with Crippen LogP contribution in [0.5, 0.6) is 11.5 Å². The maximum atomic E-state index is 6.19. The molecule has 1 aliphatic carbocycles. The van der Waals surface area contributed by atoms with E-state index in [9.17, 15) is 0 Å². The molecule has 2 aromatic rings. The van der Waals surface area contributed by atoms with Crippen molar-refractivity contribution in [2.75, 3.05) is 20.0 Å². The number of halogens is 1. The van der Waals surface area contributed by atoms with Crippen LogP contribution in [0.25, 0.3) is 10.9 Å². The van der Waals surface area contributed by atoms with E-state index in [1.54, 1.807) is 20.3 Å². The largest absolute Gasteiger partial charge is 0.494 e. The molecule has 0 saturated heterocycles. The van der Waals surface area contributed by atoms with Gasteiger partial charge in [0.2, 0.25) is 0 Å². The molecule has 2 N–H and O–H groups in total. The van der Waals surface area contributed by atoms with Crippen LogP contribution >= 0.6 is 11.6 Å². The predicted molar refractivity (Wildman–Crippen MR) is 76.2 cm³/mol. The number of ether oxygens (including phenoxy) is 2. The Hall–Kier alpha value is -1.68. The Kier molecular flexibility index (Phi) is 2.90. The SMILES string of the molecule is COc1cc(Cl)c(OC)c2c(N)cc(C3CC3)nc12. The van der Waals surface area contributed by atoms with Gasteiger partial charge in [0.1, 0.15) is 17.0 Å². The number of rotatable bonds is 3. The molecule has 1 heterocycles. The molecule has 1 saturated carbocycles. The molecule has 1 aromatic carbocycles. The lowest BCUT2D eigenvalue weighted by Gasteiger charge is -2.14. The summed E-state index contributed by atoms with van der Waals surface area (Å²) in [5.41, 5.74) is 8.52. The summed E-state index contributed by atoms with van der Waals surface area (Å²) >= 11 is 6.19. The molecule has 0 bridgehead atoms. The second-order valence-corrected chi connectivity index (χ2v) is 5.14. The van der Waals surface area contributed by atoms with E-state index in [0.29, 0.717) is 33.6 Å². The van der Waals surface area contributed by atoms with Crippen molar-refractivity contribution in [1.29, 1.82) is 0 Å². The fraction of sp³-hybridized carbons (Fsp3) is 0.357. The van der Waals surface area contributed by atoms with Gasteiger partial charge in [-0.15, -0.1) is 0 Å². The molecule has 0 amide bonds. The minimum Gasteiger partial charge on any atom is -0.494 e. The average molecular weight is 279 g/mol. The van der Waals surface area contributed by atoms with Gasteiger partial charge in [-0.3, -0.25) is 0 Å². The zero-order valence-electron chi connectivity index (χ0n) is 10.9. The number of hydrogen-bond donors (Lipinski definition) is 1. The first-order valence-corrected chi connectivity index (χ1v) is 6.54. The topological polar surface area (TPSA) is 57.4 Å².